The van der Waals surface area contributed by atoms with Crippen LogP contribution in [0.25, 0.3) is 0 Å². The fourth-order valence-electron chi connectivity index (χ4n) is 2.02. The minimum absolute atomic E-state index is 0.0748. The zero-order valence-corrected chi connectivity index (χ0v) is 12.0. The summed E-state index contributed by atoms with van der Waals surface area (Å²) >= 11 is 0. The quantitative estimate of drug-likeness (QED) is 0.484. The van der Waals surface area contributed by atoms with Crippen molar-refractivity contribution in [2.45, 2.75) is 13.8 Å². The predicted octanol–water partition coefficient (Wildman–Crippen LogP) is 1.48. The summed E-state index contributed by atoms with van der Waals surface area (Å²) in [6.07, 6.45) is 0. The van der Waals surface area contributed by atoms with Crippen LogP contribution < -0.4 is 10.6 Å². The Kier molecular flexibility index (Phi) is 5.31. The number of nitro benzene ring substituents is 1. The van der Waals surface area contributed by atoms with E-state index in [-0.39, 0.29) is 23.8 Å². The molecule has 7 heteroatoms. The maximum atomic E-state index is 12.0. The van der Waals surface area contributed by atoms with Crippen molar-refractivity contribution >= 4 is 23.0 Å². The number of anilines is 2. The fourth-order valence-corrected chi connectivity index (χ4v) is 2.02. The first-order valence-corrected chi connectivity index (χ1v) is 6.44. The predicted molar refractivity (Wildman–Crippen MR) is 78.7 cm³/mol. The number of hydrogen-bond acceptors (Lipinski definition) is 5. The molecule has 110 valence electrons. The van der Waals surface area contributed by atoms with E-state index in [9.17, 15) is 14.9 Å². The topological polar surface area (TPSA) is 92.7 Å². The number of hydrogen-bond donors (Lipinski definition) is 1. The lowest BCUT2D eigenvalue weighted by atomic mass is 10.2. The van der Waals surface area contributed by atoms with Crippen molar-refractivity contribution in [1.29, 1.82) is 0 Å². The van der Waals surface area contributed by atoms with E-state index in [2.05, 4.69) is 0 Å². The number of amides is 1. The summed E-state index contributed by atoms with van der Waals surface area (Å²) in [4.78, 5) is 25.8. The molecule has 0 aromatic heterocycles. The molecular formula is C13H20N4O3. The molecule has 0 spiro atoms. The standard InChI is InChI=1S/C13H20N4O3/c1-4-16(5-2)12(18)9-15(3)11-8-6-7-10(14)13(11)17(19)20/h6-8H,4-5,9,14H2,1-3H3. The summed E-state index contributed by atoms with van der Waals surface area (Å²) in [7, 11) is 1.64. The lowest BCUT2D eigenvalue weighted by Crippen LogP contribution is -2.39. The molecule has 0 atom stereocenters. The van der Waals surface area contributed by atoms with Crippen LogP contribution in [0.3, 0.4) is 0 Å². The van der Waals surface area contributed by atoms with Gasteiger partial charge >= 0.3 is 5.69 Å². The van der Waals surface area contributed by atoms with E-state index in [0.717, 1.165) is 0 Å². The Hall–Kier alpha value is -2.31. The zero-order valence-electron chi connectivity index (χ0n) is 12.0. The van der Waals surface area contributed by atoms with E-state index >= 15 is 0 Å². The smallest absolute Gasteiger partial charge is 0.315 e. The Morgan fingerprint density at radius 1 is 1.35 bits per heavy atom. The molecule has 0 radical (unpaired) electrons. The SMILES string of the molecule is CCN(CC)C(=O)CN(C)c1cccc(N)c1[N+](=O)[O-]. The molecule has 0 saturated carbocycles. The molecule has 0 aliphatic heterocycles. The van der Waals surface area contributed by atoms with Crippen LogP contribution in [0.1, 0.15) is 13.8 Å². The van der Waals surface area contributed by atoms with Gasteiger partial charge in [-0.3, -0.25) is 14.9 Å². The molecule has 0 heterocycles. The number of nitro groups is 1. The van der Waals surface area contributed by atoms with Gasteiger partial charge in [0.2, 0.25) is 5.91 Å². The number of nitrogens with zero attached hydrogens (tertiary/aromatic N) is 3. The Morgan fingerprint density at radius 3 is 2.45 bits per heavy atom. The van der Waals surface area contributed by atoms with Crippen molar-refractivity contribution in [3.8, 4) is 0 Å². The third-order valence-corrected chi connectivity index (χ3v) is 3.13. The van der Waals surface area contributed by atoms with E-state index in [0.29, 0.717) is 18.8 Å². The number of carbonyl (C=O) groups is 1. The van der Waals surface area contributed by atoms with Crippen molar-refractivity contribution in [2.24, 2.45) is 0 Å². The summed E-state index contributed by atoms with van der Waals surface area (Å²) in [6.45, 7) is 5.09. The first-order valence-electron chi connectivity index (χ1n) is 6.44. The van der Waals surface area contributed by atoms with Crippen molar-refractivity contribution in [2.75, 3.05) is 37.3 Å². The summed E-state index contributed by atoms with van der Waals surface area (Å²) in [5.74, 6) is -0.0748. The molecule has 0 unspecified atom stereocenters. The van der Waals surface area contributed by atoms with Gasteiger partial charge in [0, 0.05) is 20.1 Å². The normalized spacial score (nSPS) is 10.2. The molecule has 7 nitrogen and oxygen atoms in total. The second-order valence-electron chi connectivity index (χ2n) is 4.39. The Morgan fingerprint density at radius 2 is 1.95 bits per heavy atom. The second-order valence-corrected chi connectivity index (χ2v) is 4.39. The molecule has 0 saturated heterocycles. The molecule has 1 rings (SSSR count). The van der Waals surface area contributed by atoms with E-state index in [4.69, 9.17) is 5.73 Å². The minimum Gasteiger partial charge on any atom is -0.393 e. The fraction of sp³-hybridized carbons (Fsp3) is 0.462. The number of likely N-dealkylation sites (N-methyl/N-ethyl adjacent to an activating group) is 2. The Bertz CT molecular complexity index is 500. The monoisotopic (exact) mass is 280 g/mol. The summed E-state index contributed by atoms with van der Waals surface area (Å²) in [5, 5.41) is 11.1. The molecule has 20 heavy (non-hydrogen) atoms. The van der Waals surface area contributed by atoms with Crippen molar-refractivity contribution in [1.82, 2.24) is 4.90 Å². The van der Waals surface area contributed by atoms with Crippen molar-refractivity contribution in [3.05, 3.63) is 28.3 Å². The van der Waals surface area contributed by atoms with Gasteiger partial charge in [0.05, 0.1) is 11.5 Å². The molecule has 0 aliphatic carbocycles. The van der Waals surface area contributed by atoms with Crippen LogP contribution in [-0.2, 0) is 4.79 Å². The largest absolute Gasteiger partial charge is 0.393 e. The second kappa shape index (κ2) is 6.74. The average Bonchev–Trinajstić information content (AvgIpc) is 2.39. The maximum absolute atomic E-state index is 12.0. The average molecular weight is 280 g/mol. The van der Waals surface area contributed by atoms with Crippen LogP contribution in [0.5, 0.6) is 0 Å². The van der Waals surface area contributed by atoms with Gasteiger partial charge in [0.15, 0.2) is 0 Å². The summed E-state index contributed by atoms with van der Waals surface area (Å²) in [5.41, 5.74) is 5.91. The van der Waals surface area contributed by atoms with Crippen LogP contribution >= 0.6 is 0 Å². The van der Waals surface area contributed by atoms with Gasteiger partial charge in [-0.05, 0) is 26.0 Å². The lowest BCUT2D eigenvalue weighted by Gasteiger charge is -2.24. The number of nitrogen functional groups attached to an aromatic ring is 1. The zero-order chi connectivity index (χ0) is 15.3. The van der Waals surface area contributed by atoms with Crippen LogP contribution in [0, 0.1) is 10.1 Å². The molecule has 0 bridgehead atoms. The van der Waals surface area contributed by atoms with Crippen molar-refractivity contribution in [3.63, 3.8) is 0 Å². The van der Waals surface area contributed by atoms with Gasteiger partial charge in [-0.2, -0.15) is 0 Å². The highest BCUT2D eigenvalue weighted by atomic mass is 16.6. The lowest BCUT2D eigenvalue weighted by molar-refractivity contribution is -0.383. The Balaban J connectivity index is 2.99. The van der Waals surface area contributed by atoms with Gasteiger partial charge in [-0.15, -0.1) is 0 Å². The van der Waals surface area contributed by atoms with Crippen LogP contribution in [0.15, 0.2) is 18.2 Å². The number of para-hydroxylation sites is 1. The summed E-state index contributed by atoms with van der Waals surface area (Å²) < 4.78 is 0. The first kappa shape index (κ1) is 15.7. The molecular weight excluding hydrogens is 260 g/mol. The van der Waals surface area contributed by atoms with Gasteiger partial charge in [0.25, 0.3) is 0 Å². The van der Waals surface area contributed by atoms with Crippen molar-refractivity contribution < 1.29 is 9.72 Å². The molecule has 0 aliphatic rings. The number of carbonyl (C=O) groups excluding carboxylic acids is 1. The minimum atomic E-state index is -0.525. The molecule has 0 fully saturated rings. The third kappa shape index (κ3) is 3.37. The van der Waals surface area contributed by atoms with Gasteiger partial charge in [-0.25, -0.2) is 0 Å². The number of benzene rings is 1. The number of rotatable bonds is 6. The van der Waals surface area contributed by atoms with Gasteiger partial charge in [-0.1, -0.05) is 6.07 Å². The molecule has 2 N–H and O–H groups in total. The highest BCUT2D eigenvalue weighted by Gasteiger charge is 2.22. The van der Waals surface area contributed by atoms with Crippen LogP contribution in [0.4, 0.5) is 17.1 Å². The van der Waals surface area contributed by atoms with E-state index < -0.39 is 4.92 Å². The molecule has 1 aromatic rings. The highest BCUT2D eigenvalue weighted by Crippen LogP contribution is 2.32. The molecule has 1 aromatic carbocycles. The molecule has 1 amide bonds. The van der Waals surface area contributed by atoms with Crippen LogP contribution in [0.2, 0.25) is 0 Å². The van der Waals surface area contributed by atoms with E-state index in [1.54, 1.807) is 29.0 Å². The maximum Gasteiger partial charge on any atom is 0.315 e. The van der Waals surface area contributed by atoms with Gasteiger partial charge in [0.1, 0.15) is 11.4 Å². The highest BCUT2D eigenvalue weighted by molar-refractivity contribution is 5.84. The van der Waals surface area contributed by atoms with E-state index in [1.165, 1.54) is 6.07 Å². The first-order chi connectivity index (χ1) is 9.42. The van der Waals surface area contributed by atoms with Gasteiger partial charge < -0.3 is 15.5 Å². The van der Waals surface area contributed by atoms with E-state index in [1.807, 2.05) is 13.8 Å². The van der Waals surface area contributed by atoms with Crippen LogP contribution in [-0.4, -0.2) is 42.4 Å². The number of nitrogens with two attached hydrogens (primary N) is 1. The summed E-state index contributed by atoms with van der Waals surface area (Å²) in [6, 6.07) is 4.70. The third-order valence-electron chi connectivity index (χ3n) is 3.13. The Labute approximate surface area is 118 Å².